The minimum Gasteiger partial charge on any atom is -0.390 e. The Morgan fingerprint density at radius 1 is 1.33 bits per heavy atom. The van der Waals surface area contributed by atoms with E-state index in [4.69, 9.17) is 0 Å². The highest BCUT2D eigenvalue weighted by Gasteiger charge is 2.18. The second-order valence-electron chi connectivity index (χ2n) is 5.90. The molecule has 1 rings (SSSR count). The van der Waals surface area contributed by atoms with E-state index in [0.717, 1.165) is 31.3 Å². The molecule has 2 N–H and O–H groups in total. The highest BCUT2D eigenvalue weighted by Crippen LogP contribution is 2.27. The van der Waals surface area contributed by atoms with Gasteiger partial charge in [0.15, 0.2) is 0 Å². The smallest absolute Gasteiger partial charge is 0.0603 e. The Morgan fingerprint density at radius 3 is 2.67 bits per heavy atom. The normalized spacial score (nSPS) is 28.0. The fraction of sp³-hybridized carbons (Fsp3) is 1.00. The van der Waals surface area contributed by atoms with Gasteiger partial charge >= 0.3 is 0 Å². The van der Waals surface area contributed by atoms with E-state index in [-0.39, 0.29) is 0 Å². The number of hydrogen-bond donors (Lipinski definition) is 2. The zero-order valence-corrected chi connectivity index (χ0v) is 10.6. The first-order valence-corrected chi connectivity index (χ1v) is 6.40. The summed E-state index contributed by atoms with van der Waals surface area (Å²) < 4.78 is 0. The van der Waals surface area contributed by atoms with E-state index in [9.17, 15) is 5.11 Å². The molecule has 0 aliphatic heterocycles. The molecule has 2 atom stereocenters. The van der Waals surface area contributed by atoms with E-state index in [1.165, 1.54) is 25.7 Å². The van der Waals surface area contributed by atoms with Crippen molar-refractivity contribution >= 4 is 0 Å². The average molecular weight is 213 g/mol. The molecule has 15 heavy (non-hydrogen) atoms. The lowest BCUT2D eigenvalue weighted by molar-refractivity contribution is 0.0706. The summed E-state index contributed by atoms with van der Waals surface area (Å²) in [4.78, 5) is 0. The molecule has 0 spiro atoms. The van der Waals surface area contributed by atoms with Crippen molar-refractivity contribution in [2.45, 2.75) is 58.5 Å². The van der Waals surface area contributed by atoms with Crippen LogP contribution in [0, 0.1) is 11.8 Å². The first kappa shape index (κ1) is 13.0. The molecule has 0 aromatic carbocycles. The van der Waals surface area contributed by atoms with Gasteiger partial charge in [-0.25, -0.2) is 0 Å². The van der Waals surface area contributed by atoms with E-state index in [1.54, 1.807) is 0 Å². The Kier molecular flexibility index (Phi) is 5.07. The van der Waals surface area contributed by atoms with Gasteiger partial charge in [0, 0.05) is 0 Å². The topological polar surface area (TPSA) is 32.3 Å². The molecule has 1 fully saturated rings. The lowest BCUT2D eigenvalue weighted by Crippen LogP contribution is -2.31. The van der Waals surface area contributed by atoms with Crippen molar-refractivity contribution in [2.75, 3.05) is 13.1 Å². The van der Waals surface area contributed by atoms with E-state index < -0.39 is 5.60 Å². The van der Waals surface area contributed by atoms with Crippen LogP contribution in [0.25, 0.3) is 0 Å². The molecule has 0 radical (unpaired) electrons. The number of aliphatic hydroxyl groups is 1. The molecular formula is C13H27NO. The Hall–Kier alpha value is -0.0800. The van der Waals surface area contributed by atoms with Crippen molar-refractivity contribution in [1.82, 2.24) is 5.32 Å². The Morgan fingerprint density at radius 2 is 2.07 bits per heavy atom. The Bertz CT molecular complexity index is 174. The molecule has 90 valence electrons. The van der Waals surface area contributed by atoms with E-state index in [1.807, 2.05) is 13.8 Å². The maximum Gasteiger partial charge on any atom is 0.0603 e. The van der Waals surface area contributed by atoms with Crippen molar-refractivity contribution in [3.8, 4) is 0 Å². The zero-order valence-electron chi connectivity index (χ0n) is 10.6. The van der Waals surface area contributed by atoms with Crippen molar-refractivity contribution in [3.05, 3.63) is 0 Å². The molecule has 2 heteroatoms. The van der Waals surface area contributed by atoms with Gasteiger partial charge in [0.1, 0.15) is 0 Å². The molecular weight excluding hydrogens is 186 g/mol. The summed E-state index contributed by atoms with van der Waals surface area (Å²) in [7, 11) is 0. The molecule has 1 aliphatic carbocycles. The minimum absolute atomic E-state index is 0.521. The van der Waals surface area contributed by atoms with Crippen LogP contribution in [0.4, 0.5) is 0 Å². The van der Waals surface area contributed by atoms with Crippen molar-refractivity contribution < 1.29 is 5.11 Å². The third-order valence-corrected chi connectivity index (χ3v) is 3.39. The fourth-order valence-corrected chi connectivity index (χ4v) is 2.45. The predicted octanol–water partition coefficient (Wildman–Crippen LogP) is 2.56. The van der Waals surface area contributed by atoms with Crippen LogP contribution in [-0.4, -0.2) is 23.8 Å². The Balaban J connectivity index is 2.04. The predicted molar refractivity (Wildman–Crippen MR) is 64.9 cm³/mol. The largest absolute Gasteiger partial charge is 0.390 e. The van der Waals surface area contributed by atoms with Crippen LogP contribution in [0.2, 0.25) is 0 Å². The highest BCUT2D eigenvalue weighted by molar-refractivity contribution is 4.73. The van der Waals surface area contributed by atoms with Crippen LogP contribution in [0.3, 0.4) is 0 Å². The number of hydrogen-bond acceptors (Lipinski definition) is 2. The minimum atomic E-state index is -0.521. The fourth-order valence-electron chi connectivity index (χ4n) is 2.45. The van der Waals surface area contributed by atoms with Gasteiger partial charge in [0.2, 0.25) is 0 Å². The van der Waals surface area contributed by atoms with Crippen LogP contribution >= 0.6 is 0 Å². The van der Waals surface area contributed by atoms with Crippen LogP contribution in [0.5, 0.6) is 0 Å². The maximum absolute atomic E-state index is 9.56. The lowest BCUT2D eigenvalue weighted by Gasteiger charge is -2.27. The molecule has 2 nitrogen and oxygen atoms in total. The highest BCUT2D eigenvalue weighted by atomic mass is 16.3. The quantitative estimate of drug-likeness (QED) is 0.688. The van der Waals surface area contributed by atoms with Crippen LogP contribution in [-0.2, 0) is 0 Å². The zero-order chi connectivity index (χ0) is 11.3. The third kappa shape index (κ3) is 6.16. The molecule has 2 unspecified atom stereocenters. The number of rotatable bonds is 5. The van der Waals surface area contributed by atoms with Gasteiger partial charge in [-0.05, 0) is 58.0 Å². The summed E-state index contributed by atoms with van der Waals surface area (Å²) in [5.74, 6) is 1.79. The summed E-state index contributed by atoms with van der Waals surface area (Å²) in [5.41, 5.74) is -0.521. The van der Waals surface area contributed by atoms with Gasteiger partial charge in [-0.3, -0.25) is 0 Å². The molecule has 0 aromatic heterocycles. The SMILES string of the molecule is CC1CCCC(CNCCC(C)(C)O)C1. The first-order chi connectivity index (χ1) is 6.97. The van der Waals surface area contributed by atoms with E-state index >= 15 is 0 Å². The van der Waals surface area contributed by atoms with Crippen molar-refractivity contribution in [1.29, 1.82) is 0 Å². The standard InChI is InChI=1S/C13H27NO/c1-11-5-4-6-12(9-11)10-14-8-7-13(2,3)15/h11-12,14-15H,4-10H2,1-3H3. The lowest BCUT2D eigenvalue weighted by atomic mass is 9.82. The van der Waals surface area contributed by atoms with Gasteiger partial charge < -0.3 is 10.4 Å². The Labute approximate surface area is 94.5 Å². The van der Waals surface area contributed by atoms with E-state index in [2.05, 4.69) is 12.2 Å². The monoisotopic (exact) mass is 213 g/mol. The van der Waals surface area contributed by atoms with Crippen LogP contribution in [0.15, 0.2) is 0 Å². The second kappa shape index (κ2) is 5.86. The van der Waals surface area contributed by atoms with Crippen LogP contribution < -0.4 is 5.32 Å². The van der Waals surface area contributed by atoms with Gasteiger partial charge in [0.05, 0.1) is 5.60 Å². The molecule has 0 heterocycles. The molecule has 0 saturated heterocycles. The number of nitrogens with one attached hydrogen (secondary N) is 1. The first-order valence-electron chi connectivity index (χ1n) is 6.40. The van der Waals surface area contributed by atoms with Crippen molar-refractivity contribution in [3.63, 3.8) is 0 Å². The summed E-state index contributed by atoms with van der Waals surface area (Å²) in [5, 5.41) is 13.0. The van der Waals surface area contributed by atoms with Gasteiger partial charge in [-0.2, -0.15) is 0 Å². The molecule has 1 aliphatic rings. The summed E-state index contributed by atoms with van der Waals surface area (Å²) in [6.07, 6.45) is 6.43. The molecule has 0 bridgehead atoms. The van der Waals surface area contributed by atoms with Crippen LogP contribution in [0.1, 0.15) is 52.9 Å². The molecule has 1 saturated carbocycles. The summed E-state index contributed by atoms with van der Waals surface area (Å²) in [6, 6.07) is 0. The third-order valence-electron chi connectivity index (χ3n) is 3.39. The molecule has 0 aromatic rings. The summed E-state index contributed by atoms with van der Waals surface area (Å²) >= 11 is 0. The van der Waals surface area contributed by atoms with Gasteiger partial charge in [0.25, 0.3) is 0 Å². The van der Waals surface area contributed by atoms with E-state index in [0.29, 0.717) is 0 Å². The van der Waals surface area contributed by atoms with Gasteiger partial charge in [-0.15, -0.1) is 0 Å². The average Bonchev–Trinajstić information content (AvgIpc) is 2.11. The second-order valence-corrected chi connectivity index (χ2v) is 5.90. The molecule has 0 amide bonds. The maximum atomic E-state index is 9.56. The van der Waals surface area contributed by atoms with Crippen molar-refractivity contribution in [2.24, 2.45) is 11.8 Å². The van der Waals surface area contributed by atoms with Gasteiger partial charge in [-0.1, -0.05) is 19.8 Å². The summed E-state index contributed by atoms with van der Waals surface area (Å²) in [6.45, 7) is 8.19.